The third-order valence-electron chi connectivity index (χ3n) is 5.88. The number of rotatable bonds is 6. The van der Waals surface area contributed by atoms with Gasteiger partial charge in [0.15, 0.2) is 0 Å². The molecule has 2 N–H and O–H groups in total. The number of nitrogens with zero attached hydrogens (tertiary/aromatic N) is 2. The van der Waals surface area contributed by atoms with Gasteiger partial charge in [-0.1, -0.05) is 0 Å². The smallest absolute Gasteiger partial charge is 0.414 e. The van der Waals surface area contributed by atoms with Crippen LogP contribution < -0.4 is 26.2 Å². The van der Waals surface area contributed by atoms with Gasteiger partial charge in [-0.05, 0) is 49.2 Å². The molecular formula is C23H22N4O6S. The number of hydrogen-bond donors (Lipinski definition) is 2. The lowest BCUT2D eigenvalue weighted by Crippen LogP contribution is -2.35. The maximum atomic E-state index is 12.8. The Hall–Kier alpha value is -3.73. The van der Waals surface area contributed by atoms with E-state index < -0.39 is 17.3 Å². The molecule has 34 heavy (non-hydrogen) atoms. The maximum absolute atomic E-state index is 12.8. The molecular weight excluding hydrogens is 460 g/mol. The van der Waals surface area contributed by atoms with Gasteiger partial charge in [0, 0.05) is 17.1 Å². The average molecular weight is 483 g/mol. The summed E-state index contributed by atoms with van der Waals surface area (Å²) in [6, 6.07) is 10.4. The molecule has 0 aliphatic carbocycles. The second kappa shape index (κ2) is 8.90. The molecule has 0 radical (unpaired) electrons. The second-order valence-electron chi connectivity index (χ2n) is 8.07. The van der Waals surface area contributed by atoms with E-state index in [4.69, 9.17) is 9.47 Å². The van der Waals surface area contributed by atoms with Crippen LogP contribution in [0.25, 0.3) is 10.9 Å². The Balaban J connectivity index is 1.26. The highest BCUT2D eigenvalue weighted by atomic mass is 32.2. The van der Waals surface area contributed by atoms with Crippen molar-refractivity contribution in [2.24, 2.45) is 0 Å². The van der Waals surface area contributed by atoms with Gasteiger partial charge < -0.3 is 19.8 Å². The first kappa shape index (κ1) is 22.1. The Morgan fingerprint density at radius 3 is 2.82 bits per heavy atom. The Labute approximate surface area is 197 Å². The van der Waals surface area contributed by atoms with Crippen molar-refractivity contribution in [2.45, 2.75) is 30.4 Å². The number of thioether (sulfide) groups is 1. The number of anilines is 2. The van der Waals surface area contributed by atoms with Crippen molar-refractivity contribution in [3.63, 3.8) is 0 Å². The number of carbonyl (C=O) groups excluding carboxylic acids is 2. The van der Waals surface area contributed by atoms with Crippen molar-refractivity contribution in [2.75, 3.05) is 29.6 Å². The fourth-order valence-corrected chi connectivity index (χ4v) is 4.95. The summed E-state index contributed by atoms with van der Waals surface area (Å²) in [4.78, 5) is 54.6. The summed E-state index contributed by atoms with van der Waals surface area (Å²) in [6.45, 7) is 0.538. The van der Waals surface area contributed by atoms with Gasteiger partial charge in [-0.3, -0.25) is 19.1 Å². The van der Waals surface area contributed by atoms with Crippen molar-refractivity contribution >= 4 is 46.0 Å². The van der Waals surface area contributed by atoms with Crippen molar-refractivity contribution in [3.05, 3.63) is 57.2 Å². The van der Waals surface area contributed by atoms with Crippen LogP contribution in [0.4, 0.5) is 16.2 Å². The van der Waals surface area contributed by atoms with Gasteiger partial charge in [0.05, 0.1) is 36.0 Å². The van der Waals surface area contributed by atoms with Gasteiger partial charge >= 0.3 is 11.8 Å². The van der Waals surface area contributed by atoms with Crippen LogP contribution in [0.1, 0.15) is 12.8 Å². The predicted octanol–water partition coefficient (Wildman–Crippen LogP) is 2.55. The van der Waals surface area contributed by atoms with E-state index in [1.54, 1.807) is 24.3 Å². The minimum atomic E-state index is -0.485. The molecule has 1 saturated heterocycles. The van der Waals surface area contributed by atoms with Crippen molar-refractivity contribution in [1.82, 2.24) is 9.55 Å². The molecule has 0 saturated carbocycles. The monoisotopic (exact) mass is 482 g/mol. The number of H-pyrrole nitrogens is 1. The van der Waals surface area contributed by atoms with E-state index >= 15 is 0 Å². The van der Waals surface area contributed by atoms with Crippen LogP contribution in [0.2, 0.25) is 0 Å². The normalized spacial score (nSPS) is 17.4. The zero-order valence-corrected chi connectivity index (χ0v) is 19.1. The molecule has 2 amide bonds. The summed E-state index contributed by atoms with van der Waals surface area (Å²) in [6.07, 6.45) is 0.124. The summed E-state index contributed by atoms with van der Waals surface area (Å²) in [5, 5.41) is 3.19. The number of hydrogen-bond acceptors (Lipinski definition) is 7. The van der Waals surface area contributed by atoms with Gasteiger partial charge in [0.1, 0.15) is 11.9 Å². The van der Waals surface area contributed by atoms with Crippen LogP contribution in [0, 0.1) is 0 Å². The molecule has 1 aromatic heterocycles. The number of fused-ring (bicyclic) bond motifs is 2. The van der Waals surface area contributed by atoms with Gasteiger partial charge in [-0.25, -0.2) is 9.59 Å². The summed E-state index contributed by atoms with van der Waals surface area (Å²) in [7, 11) is 1.51. The lowest BCUT2D eigenvalue weighted by Gasteiger charge is -2.20. The average Bonchev–Trinajstić information content (AvgIpc) is 3.20. The highest BCUT2D eigenvalue weighted by Crippen LogP contribution is 2.35. The molecule has 176 valence electrons. The number of aromatic amines is 1. The lowest BCUT2D eigenvalue weighted by atomic mass is 10.1. The molecule has 1 unspecified atom stereocenters. The number of benzene rings is 2. The van der Waals surface area contributed by atoms with Crippen LogP contribution in [0.3, 0.4) is 0 Å². The zero-order valence-electron chi connectivity index (χ0n) is 18.3. The lowest BCUT2D eigenvalue weighted by molar-refractivity contribution is -0.113. The molecule has 1 fully saturated rings. The summed E-state index contributed by atoms with van der Waals surface area (Å²) in [5.74, 6) is 0.826. The van der Waals surface area contributed by atoms with Crippen LogP contribution in [0.5, 0.6) is 5.75 Å². The number of carbonyl (C=O) groups is 2. The Morgan fingerprint density at radius 1 is 1.15 bits per heavy atom. The number of nitrogens with one attached hydrogen (secondary N) is 2. The molecule has 2 aromatic carbocycles. The third kappa shape index (κ3) is 4.14. The van der Waals surface area contributed by atoms with E-state index in [0.717, 1.165) is 9.46 Å². The highest BCUT2D eigenvalue weighted by Gasteiger charge is 2.32. The summed E-state index contributed by atoms with van der Waals surface area (Å²) in [5.41, 5.74) is 0.900. The minimum Gasteiger partial charge on any atom is -0.497 e. The van der Waals surface area contributed by atoms with E-state index in [1.807, 2.05) is 12.1 Å². The van der Waals surface area contributed by atoms with E-state index in [0.29, 0.717) is 53.2 Å². The molecule has 2 aliphatic heterocycles. The van der Waals surface area contributed by atoms with Gasteiger partial charge in [0.2, 0.25) is 5.91 Å². The first-order valence-corrected chi connectivity index (χ1v) is 11.8. The number of cyclic esters (lactones) is 1. The van der Waals surface area contributed by atoms with Gasteiger partial charge in [0.25, 0.3) is 5.56 Å². The largest absolute Gasteiger partial charge is 0.497 e. The fraction of sp³-hybridized carbons (Fsp3) is 0.304. The quantitative estimate of drug-likeness (QED) is 0.554. The number of aromatic nitrogens is 2. The van der Waals surface area contributed by atoms with Crippen LogP contribution in [-0.2, 0) is 16.1 Å². The topological polar surface area (TPSA) is 123 Å². The fourth-order valence-electron chi connectivity index (χ4n) is 4.16. The third-order valence-corrected chi connectivity index (χ3v) is 6.95. The molecule has 1 atom stereocenters. The molecule has 3 aromatic rings. The van der Waals surface area contributed by atoms with Crippen LogP contribution >= 0.6 is 11.8 Å². The number of ether oxygens (including phenoxy) is 2. The number of methoxy groups -OCH3 is 1. The minimum absolute atomic E-state index is 0.0751. The van der Waals surface area contributed by atoms with Gasteiger partial charge in [-0.15, -0.1) is 11.8 Å². The van der Waals surface area contributed by atoms with Crippen LogP contribution in [0.15, 0.2) is 50.9 Å². The van der Waals surface area contributed by atoms with Crippen molar-refractivity contribution in [3.8, 4) is 5.75 Å². The van der Waals surface area contributed by atoms with Crippen molar-refractivity contribution in [1.29, 1.82) is 0 Å². The first-order chi connectivity index (χ1) is 16.4. The Morgan fingerprint density at radius 2 is 2.00 bits per heavy atom. The zero-order chi connectivity index (χ0) is 23.8. The second-order valence-corrected chi connectivity index (χ2v) is 9.09. The number of amides is 2. The Bertz CT molecular complexity index is 1410. The van der Waals surface area contributed by atoms with Crippen molar-refractivity contribution < 1.29 is 19.1 Å². The molecule has 3 heterocycles. The summed E-state index contributed by atoms with van der Waals surface area (Å²) >= 11 is 1.45. The summed E-state index contributed by atoms with van der Waals surface area (Å²) < 4.78 is 11.8. The van der Waals surface area contributed by atoms with E-state index in [2.05, 4.69) is 10.3 Å². The molecule has 11 heteroatoms. The SMILES string of the molecule is COc1ccc2[nH]c(=O)n(CCCC3CN(c4ccc5c(c4)NC(=O)CS5)C(=O)O3)c(=O)c2c1. The molecule has 5 rings (SSSR count). The van der Waals surface area contributed by atoms with Crippen LogP contribution in [-0.4, -0.2) is 47.1 Å². The maximum Gasteiger partial charge on any atom is 0.414 e. The highest BCUT2D eigenvalue weighted by molar-refractivity contribution is 8.00. The molecule has 0 bridgehead atoms. The predicted molar refractivity (Wildman–Crippen MR) is 128 cm³/mol. The molecule has 2 aliphatic rings. The molecule has 10 nitrogen and oxygen atoms in total. The van der Waals surface area contributed by atoms with E-state index in [-0.39, 0.29) is 18.6 Å². The van der Waals surface area contributed by atoms with E-state index in [9.17, 15) is 19.2 Å². The van der Waals surface area contributed by atoms with E-state index in [1.165, 1.54) is 23.8 Å². The molecule has 0 spiro atoms. The van der Waals surface area contributed by atoms with Gasteiger partial charge in [-0.2, -0.15) is 0 Å². The first-order valence-electron chi connectivity index (χ1n) is 10.8. The Kier molecular flexibility index (Phi) is 5.78. The standard InChI is InChI=1S/C23H22N4O6S/c1-32-14-5-6-17-16(10-14)21(29)26(22(30)25-17)8-2-3-15-11-27(23(31)33-15)13-4-7-19-18(9-13)24-20(28)12-34-19/h4-7,9-10,15H,2-3,8,11-12H2,1H3,(H,24,28)(H,25,30).